The molecule has 0 unspecified atom stereocenters. The van der Waals surface area contributed by atoms with E-state index < -0.39 is 5.41 Å². The number of hydrogen-bond acceptors (Lipinski definition) is 5. The number of nitrogens with two attached hydrogens (primary N) is 1. The minimum Gasteiger partial charge on any atom is -0.409 e. The maximum Gasteiger partial charge on any atom is 0.238 e. The van der Waals surface area contributed by atoms with Crippen LogP contribution in [0.25, 0.3) is 0 Å². The Labute approximate surface area is 110 Å². The number of nitrogens with zero attached hydrogens (tertiary/aromatic N) is 2. The van der Waals surface area contributed by atoms with Gasteiger partial charge < -0.3 is 21.0 Å². The third kappa shape index (κ3) is 2.65. The second kappa shape index (κ2) is 5.66. The maximum atomic E-state index is 12.4. The minimum atomic E-state index is -1.02. The van der Waals surface area contributed by atoms with Crippen molar-refractivity contribution < 1.29 is 14.7 Å². The third-order valence-electron chi connectivity index (χ3n) is 3.30. The van der Waals surface area contributed by atoms with Crippen LogP contribution in [0.2, 0.25) is 0 Å². The second-order valence-corrected chi connectivity index (χ2v) is 4.38. The highest BCUT2D eigenvalue weighted by atomic mass is 16.5. The van der Waals surface area contributed by atoms with E-state index in [9.17, 15) is 4.79 Å². The quantitative estimate of drug-likeness (QED) is 0.320. The average Bonchev–Trinajstić information content (AvgIpc) is 2.48. The van der Waals surface area contributed by atoms with E-state index in [2.05, 4.69) is 15.5 Å². The van der Waals surface area contributed by atoms with Gasteiger partial charge in [-0.15, -0.1) is 0 Å². The van der Waals surface area contributed by atoms with Gasteiger partial charge in [-0.05, 0) is 25.0 Å². The molecule has 7 heteroatoms. The van der Waals surface area contributed by atoms with Gasteiger partial charge in [0.05, 0.1) is 11.9 Å². The van der Waals surface area contributed by atoms with E-state index in [4.69, 9.17) is 15.7 Å². The van der Waals surface area contributed by atoms with E-state index in [0.29, 0.717) is 31.7 Å². The van der Waals surface area contributed by atoms with Gasteiger partial charge >= 0.3 is 0 Å². The van der Waals surface area contributed by atoms with E-state index in [1.54, 1.807) is 18.3 Å². The number of nitrogens with one attached hydrogen (secondary N) is 1. The van der Waals surface area contributed by atoms with Crippen LogP contribution in [0.4, 0.5) is 5.69 Å². The van der Waals surface area contributed by atoms with Crippen molar-refractivity contribution in [2.75, 3.05) is 18.5 Å². The Morgan fingerprint density at radius 1 is 1.53 bits per heavy atom. The van der Waals surface area contributed by atoms with Crippen molar-refractivity contribution >= 4 is 17.4 Å². The van der Waals surface area contributed by atoms with Crippen molar-refractivity contribution in [1.29, 1.82) is 0 Å². The monoisotopic (exact) mass is 264 g/mol. The molecular weight excluding hydrogens is 248 g/mol. The van der Waals surface area contributed by atoms with Crippen LogP contribution >= 0.6 is 0 Å². The molecule has 1 amide bonds. The van der Waals surface area contributed by atoms with Crippen LogP contribution in [-0.4, -0.2) is 35.1 Å². The highest BCUT2D eigenvalue weighted by molar-refractivity contribution is 6.11. The molecule has 1 saturated heterocycles. The summed E-state index contributed by atoms with van der Waals surface area (Å²) in [6.07, 6.45) is 3.92. The van der Waals surface area contributed by atoms with Crippen molar-refractivity contribution in [3.63, 3.8) is 0 Å². The molecule has 4 N–H and O–H groups in total. The number of pyridine rings is 1. The molecule has 0 aromatic carbocycles. The molecule has 19 heavy (non-hydrogen) atoms. The molecule has 1 aromatic heterocycles. The molecule has 0 atom stereocenters. The molecule has 0 radical (unpaired) electrons. The first-order valence-electron chi connectivity index (χ1n) is 5.96. The van der Waals surface area contributed by atoms with E-state index in [-0.39, 0.29) is 11.7 Å². The van der Waals surface area contributed by atoms with Crippen LogP contribution in [0.15, 0.2) is 29.7 Å². The number of ether oxygens (including phenoxy) is 1. The summed E-state index contributed by atoms with van der Waals surface area (Å²) in [6.45, 7) is 0.799. The molecule has 7 nitrogen and oxygen atoms in total. The van der Waals surface area contributed by atoms with Crippen molar-refractivity contribution in [3.8, 4) is 0 Å². The summed E-state index contributed by atoms with van der Waals surface area (Å²) in [4.78, 5) is 16.3. The number of hydrogen-bond donors (Lipinski definition) is 3. The first-order valence-corrected chi connectivity index (χ1v) is 5.96. The molecule has 0 aliphatic carbocycles. The smallest absolute Gasteiger partial charge is 0.238 e. The Balaban J connectivity index is 2.21. The van der Waals surface area contributed by atoms with Gasteiger partial charge in [-0.3, -0.25) is 9.78 Å². The summed E-state index contributed by atoms with van der Waals surface area (Å²) in [5.74, 6) is -0.392. The van der Waals surface area contributed by atoms with Gasteiger partial charge in [0.2, 0.25) is 5.91 Å². The lowest BCUT2D eigenvalue weighted by atomic mass is 9.78. The number of aromatic nitrogens is 1. The zero-order chi connectivity index (χ0) is 13.7. The third-order valence-corrected chi connectivity index (χ3v) is 3.30. The summed E-state index contributed by atoms with van der Waals surface area (Å²) in [7, 11) is 0. The fraction of sp³-hybridized carbons (Fsp3) is 0.417. The lowest BCUT2D eigenvalue weighted by Gasteiger charge is -2.34. The van der Waals surface area contributed by atoms with Gasteiger partial charge in [-0.25, -0.2) is 0 Å². The van der Waals surface area contributed by atoms with Crippen LogP contribution in [0.3, 0.4) is 0 Å². The molecule has 1 aromatic rings. The van der Waals surface area contributed by atoms with E-state index >= 15 is 0 Å². The zero-order valence-corrected chi connectivity index (χ0v) is 10.4. The number of oxime groups is 1. The van der Waals surface area contributed by atoms with Crippen LogP contribution in [-0.2, 0) is 9.53 Å². The molecule has 2 rings (SSSR count). The van der Waals surface area contributed by atoms with Crippen LogP contribution in [0.5, 0.6) is 0 Å². The van der Waals surface area contributed by atoms with Gasteiger partial charge in [-0.1, -0.05) is 5.16 Å². The molecule has 0 saturated carbocycles. The first kappa shape index (κ1) is 13.3. The summed E-state index contributed by atoms with van der Waals surface area (Å²) in [6, 6.07) is 3.44. The highest BCUT2D eigenvalue weighted by Gasteiger charge is 2.44. The molecule has 1 fully saturated rings. The second-order valence-electron chi connectivity index (χ2n) is 4.38. The normalized spacial score (nSPS) is 18.8. The SMILES string of the molecule is NC(=NO)C1(C(=O)Nc2cccnc2)CCOCC1. The number of rotatable bonds is 3. The summed E-state index contributed by atoms with van der Waals surface area (Å²) < 4.78 is 5.24. The molecule has 1 aliphatic heterocycles. The number of amidine groups is 1. The van der Waals surface area contributed by atoms with Crippen LogP contribution in [0.1, 0.15) is 12.8 Å². The average molecular weight is 264 g/mol. The predicted octanol–water partition coefficient (Wildman–Crippen LogP) is 0.563. The van der Waals surface area contributed by atoms with Crippen LogP contribution < -0.4 is 11.1 Å². The fourth-order valence-electron chi connectivity index (χ4n) is 2.10. The maximum absolute atomic E-state index is 12.4. The first-order chi connectivity index (χ1) is 9.19. The van der Waals surface area contributed by atoms with E-state index in [1.165, 1.54) is 6.20 Å². The zero-order valence-electron chi connectivity index (χ0n) is 10.4. The predicted molar refractivity (Wildman–Crippen MR) is 68.8 cm³/mol. The van der Waals surface area contributed by atoms with Gasteiger partial charge in [0.15, 0.2) is 5.84 Å². The Kier molecular flexibility index (Phi) is 3.96. The fourth-order valence-corrected chi connectivity index (χ4v) is 2.10. The Morgan fingerprint density at radius 3 is 2.84 bits per heavy atom. The van der Waals surface area contributed by atoms with Gasteiger partial charge in [-0.2, -0.15) is 0 Å². The topological polar surface area (TPSA) is 110 Å². The Hall–Kier alpha value is -2.15. The Morgan fingerprint density at radius 2 is 2.26 bits per heavy atom. The molecule has 2 heterocycles. The van der Waals surface area contributed by atoms with Gasteiger partial charge in [0, 0.05) is 19.4 Å². The largest absolute Gasteiger partial charge is 0.409 e. The lowest BCUT2D eigenvalue weighted by Crippen LogP contribution is -2.50. The molecule has 1 aliphatic rings. The summed E-state index contributed by atoms with van der Waals surface area (Å²) in [5, 5.41) is 14.6. The van der Waals surface area contributed by atoms with Crippen molar-refractivity contribution in [2.45, 2.75) is 12.8 Å². The van der Waals surface area contributed by atoms with E-state index in [1.807, 2.05) is 0 Å². The number of anilines is 1. The summed E-state index contributed by atoms with van der Waals surface area (Å²) >= 11 is 0. The number of carbonyl (C=O) groups excluding carboxylic acids is 1. The van der Waals surface area contributed by atoms with Crippen molar-refractivity contribution in [1.82, 2.24) is 4.98 Å². The standard InChI is InChI=1S/C12H16N4O3/c13-10(16-18)12(3-6-19-7-4-12)11(17)15-9-2-1-5-14-8-9/h1-2,5,8,18H,3-4,6-7H2,(H2,13,16)(H,15,17). The molecule has 102 valence electrons. The van der Waals surface area contributed by atoms with Crippen LogP contribution in [0, 0.1) is 5.41 Å². The number of amides is 1. The molecular formula is C12H16N4O3. The van der Waals surface area contributed by atoms with Gasteiger partial charge in [0.1, 0.15) is 5.41 Å². The number of carbonyl (C=O) groups is 1. The molecule has 0 bridgehead atoms. The summed E-state index contributed by atoms with van der Waals surface area (Å²) in [5.41, 5.74) is 5.25. The Bertz CT molecular complexity index is 469. The van der Waals surface area contributed by atoms with Crippen molar-refractivity contribution in [3.05, 3.63) is 24.5 Å². The molecule has 0 spiro atoms. The van der Waals surface area contributed by atoms with Crippen molar-refractivity contribution in [2.24, 2.45) is 16.3 Å². The minimum absolute atomic E-state index is 0.0859. The van der Waals surface area contributed by atoms with E-state index in [0.717, 1.165) is 0 Å². The lowest BCUT2D eigenvalue weighted by molar-refractivity contribution is -0.126. The van der Waals surface area contributed by atoms with Gasteiger partial charge in [0.25, 0.3) is 0 Å². The highest BCUT2D eigenvalue weighted by Crippen LogP contribution is 2.32.